The Morgan fingerprint density at radius 2 is 2.11 bits per heavy atom. The SMILES string of the molecule is COCCNC(=O)CN1C(=O)N[C@@H](c2ccccc2OC)C2=C1COC2=O. The standard InChI is InChI=1S/C18H21N3O6/c1-25-8-7-19-14(22)9-21-12-10-27-17(23)15(12)16(20-18(21)24)11-5-3-4-6-13(11)26-2/h3-6,16H,7-10H2,1-2H3,(H,19,22)(H,20,24)/t16-/m0/s1. The van der Waals surface area contributed by atoms with Crippen molar-refractivity contribution in [2.75, 3.05) is 40.5 Å². The van der Waals surface area contributed by atoms with Crippen LogP contribution in [0.15, 0.2) is 35.5 Å². The number of esters is 1. The Kier molecular flexibility index (Phi) is 5.60. The molecule has 3 rings (SSSR count). The first-order chi connectivity index (χ1) is 13.1. The van der Waals surface area contributed by atoms with Crippen LogP contribution in [0, 0.1) is 0 Å². The van der Waals surface area contributed by atoms with Gasteiger partial charge in [-0.15, -0.1) is 0 Å². The van der Waals surface area contributed by atoms with Crippen molar-refractivity contribution in [1.29, 1.82) is 0 Å². The van der Waals surface area contributed by atoms with Crippen LogP contribution in [-0.4, -0.2) is 63.3 Å². The summed E-state index contributed by atoms with van der Waals surface area (Å²) in [6.07, 6.45) is 0. The maximum absolute atomic E-state index is 12.7. The molecule has 0 fully saturated rings. The van der Waals surface area contributed by atoms with Gasteiger partial charge in [0.05, 0.1) is 31.0 Å². The van der Waals surface area contributed by atoms with E-state index in [2.05, 4.69) is 10.6 Å². The molecule has 0 aliphatic carbocycles. The summed E-state index contributed by atoms with van der Waals surface area (Å²) in [6.45, 7) is 0.418. The van der Waals surface area contributed by atoms with Crippen molar-refractivity contribution in [3.63, 3.8) is 0 Å². The van der Waals surface area contributed by atoms with Gasteiger partial charge in [-0.25, -0.2) is 9.59 Å². The molecule has 0 aromatic heterocycles. The summed E-state index contributed by atoms with van der Waals surface area (Å²) < 4.78 is 15.4. The van der Waals surface area contributed by atoms with Crippen LogP contribution < -0.4 is 15.4 Å². The fourth-order valence-electron chi connectivity index (χ4n) is 3.11. The molecule has 1 aromatic carbocycles. The maximum Gasteiger partial charge on any atom is 0.338 e. The van der Waals surface area contributed by atoms with E-state index in [1.54, 1.807) is 24.3 Å². The molecule has 0 saturated heterocycles. The molecule has 27 heavy (non-hydrogen) atoms. The zero-order valence-electron chi connectivity index (χ0n) is 15.1. The highest BCUT2D eigenvalue weighted by Crippen LogP contribution is 2.38. The van der Waals surface area contributed by atoms with E-state index in [0.29, 0.717) is 35.7 Å². The number of carbonyl (C=O) groups is 3. The number of nitrogens with zero attached hydrogens (tertiary/aromatic N) is 1. The van der Waals surface area contributed by atoms with Crippen LogP contribution in [0.5, 0.6) is 5.75 Å². The van der Waals surface area contributed by atoms with Crippen molar-refractivity contribution in [3.8, 4) is 5.75 Å². The Labute approximate surface area is 156 Å². The minimum absolute atomic E-state index is 0.0570. The highest BCUT2D eigenvalue weighted by Gasteiger charge is 2.43. The van der Waals surface area contributed by atoms with Gasteiger partial charge in [-0.1, -0.05) is 18.2 Å². The normalized spacial score (nSPS) is 18.7. The Morgan fingerprint density at radius 3 is 2.85 bits per heavy atom. The summed E-state index contributed by atoms with van der Waals surface area (Å²) in [6, 6.07) is 5.92. The third-order valence-corrected chi connectivity index (χ3v) is 4.38. The van der Waals surface area contributed by atoms with Crippen molar-refractivity contribution in [1.82, 2.24) is 15.5 Å². The second kappa shape index (κ2) is 8.09. The Bertz CT molecular complexity index is 791. The van der Waals surface area contributed by atoms with Crippen molar-refractivity contribution >= 4 is 17.9 Å². The fraction of sp³-hybridized carbons (Fsp3) is 0.389. The molecule has 1 atom stereocenters. The quantitative estimate of drug-likeness (QED) is 0.526. The number of ether oxygens (including phenoxy) is 3. The number of methoxy groups -OCH3 is 2. The van der Waals surface area contributed by atoms with Crippen LogP contribution in [0.25, 0.3) is 0 Å². The highest BCUT2D eigenvalue weighted by atomic mass is 16.5. The van der Waals surface area contributed by atoms with E-state index in [-0.39, 0.29) is 19.1 Å². The average molecular weight is 375 g/mol. The first-order valence-electron chi connectivity index (χ1n) is 8.43. The Morgan fingerprint density at radius 1 is 1.33 bits per heavy atom. The van der Waals surface area contributed by atoms with Gasteiger partial charge in [0.25, 0.3) is 0 Å². The van der Waals surface area contributed by atoms with E-state index in [1.807, 2.05) is 0 Å². The van der Waals surface area contributed by atoms with Crippen LogP contribution in [0.1, 0.15) is 11.6 Å². The largest absolute Gasteiger partial charge is 0.496 e. The number of amides is 3. The molecule has 2 heterocycles. The monoisotopic (exact) mass is 375 g/mol. The minimum atomic E-state index is -0.702. The maximum atomic E-state index is 12.7. The molecular formula is C18H21N3O6. The number of hydrogen-bond donors (Lipinski definition) is 2. The van der Waals surface area contributed by atoms with E-state index in [4.69, 9.17) is 14.2 Å². The zero-order valence-corrected chi connectivity index (χ0v) is 15.1. The average Bonchev–Trinajstić information content (AvgIpc) is 3.05. The van der Waals surface area contributed by atoms with Crippen LogP contribution in [0.2, 0.25) is 0 Å². The highest BCUT2D eigenvalue weighted by molar-refractivity contribution is 5.98. The molecule has 9 heteroatoms. The third kappa shape index (κ3) is 3.72. The third-order valence-electron chi connectivity index (χ3n) is 4.38. The van der Waals surface area contributed by atoms with E-state index >= 15 is 0 Å². The van der Waals surface area contributed by atoms with Crippen molar-refractivity contribution in [3.05, 3.63) is 41.1 Å². The number of cyclic esters (lactones) is 1. The van der Waals surface area contributed by atoms with Crippen molar-refractivity contribution < 1.29 is 28.6 Å². The number of carbonyl (C=O) groups excluding carboxylic acids is 3. The molecule has 2 aliphatic rings. The molecule has 1 aromatic rings. The van der Waals surface area contributed by atoms with Gasteiger partial charge in [-0.3, -0.25) is 9.69 Å². The summed E-state index contributed by atoms with van der Waals surface area (Å²) in [7, 11) is 3.04. The first-order valence-corrected chi connectivity index (χ1v) is 8.43. The second-order valence-electron chi connectivity index (χ2n) is 5.99. The van der Waals surface area contributed by atoms with Crippen LogP contribution in [0.4, 0.5) is 4.79 Å². The van der Waals surface area contributed by atoms with Crippen LogP contribution >= 0.6 is 0 Å². The molecule has 0 spiro atoms. The number of nitrogens with one attached hydrogen (secondary N) is 2. The predicted octanol–water partition coefficient (Wildman–Crippen LogP) is 0.335. The van der Waals surface area contributed by atoms with Gasteiger partial charge in [0.1, 0.15) is 18.9 Å². The summed E-state index contributed by atoms with van der Waals surface area (Å²) in [5.41, 5.74) is 1.34. The summed E-state index contributed by atoms with van der Waals surface area (Å²) >= 11 is 0. The van der Waals surface area contributed by atoms with Gasteiger partial charge in [0.15, 0.2) is 0 Å². The summed E-state index contributed by atoms with van der Waals surface area (Å²) in [5, 5.41) is 5.43. The molecule has 9 nitrogen and oxygen atoms in total. The Hall–Kier alpha value is -3.07. The van der Waals surface area contributed by atoms with Crippen LogP contribution in [-0.2, 0) is 19.1 Å². The summed E-state index contributed by atoms with van der Waals surface area (Å²) in [5.74, 6) is -0.338. The number of urea groups is 1. The summed E-state index contributed by atoms with van der Waals surface area (Å²) in [4.78, 5) is 38.3. The van der Waals surface area contributed by atoms with E-state index in [1.165, 1.54) is 19.1 Å². The molecule has 2 aliphatic heterocycles. The van der Waals surface area contributed by atoms with Crippen molar-refractivity contribution in [2.24, 2.45) is 0 Å². The lowest BCUT2D eigenvalue weighted by Crippen LogP contribution is -2.50. The van der Waals surface area contributed by atoms with E-state index in [0.717, 1.165) is 0 Å². The lowest BCUT2D eigenvalue weighted by atomic mass is 9.95. The number of benzene rings is 1. The van der Waals surface area contributed by atoms with E-state index in [9.17, 15) is 14.4 Å². The number of rotatable bonds is 7. The molecule has 3 amide bonds. The predicted molar refractivity (Wildman–Crippen MR) is 93.8 cm³/mol. The molecule has 2 N–H and O–H groups in total. The van der Waals surface area contributed by atoms with Gasteiger partial charge in [0, 0.05) is 19.2 Å². The van der Waals surface area contributed by atoms with Gasteiger partial charge >= 0.3 is 12.0 Å². The van der Waals surface area contributed by atoms with Gasteiger partial charge in [-0.05, 0) is 6.07 Å². The van der Waals surface area contributed by atoms with Gasteiger partial charge < -0.3 is 24.8 Å². The number of hydrogen-bond acceptors (Lipinski definition) is 6. The second-order valence-corrected chi connectivity index (χ2v) is 5.99. The lowest BCUT2D eigenvalue weighted by Gasteiger charge is -2.32. The van der Waals surface area contributed by atoms with E-state index < -0.39 is 18.0 Å². The van der Waals surface area contributed by atoms with Crippen molar-refractivity contribution in [2.45, 2.75) is 6.04 Å². The first kappa shape index (κ1) is 18.7. The van der Waals surface area contributed by atoms with Gasteiger partial charge in [-0.2, -0.15) is 0 Å². The lowest BCUT2D eigenvalue weighted by molar-refractivity contribution is -0.136. The van der Waals surface area contributed by atoms with Crippen LogP contribution in [0.3, 0.4) is 0 Å². The molecule has 144 valence electrons. The van der Waals surface area contributed by atoms with Gasteiger partial charge in [0.2, 0.25) is 5.91 Å². The zero-order chi connectivity index (χ0) is 19.4. The molecular weight excluding hydrogens is 354 g/mol. The molecule has 0 saturated carbocycles. The number of para-hydroxylation sites is 1. The Balaban J connectivity index is 1.89. The minimum Gasteiger partial charge on any atom is -0.496 e. The smallest absolute Gasteiger partial charge is 0.338 e. The molecule has 0 radical (unpaired) electrons. The molecule has 0 unspecified atom stereocenters. The topological polar surface area (TPSA) is 106 Å². The molecule has 0 bridgehead atoms. The fourth-order valence-corrected chi connectivity index (χ4v) is 3.11.